The van der Waals surface area contributed by atoms with E-state index in [1.165, 1.54) is 5.56 Å². The predicted octanol–water partition coefficient (Wildman–Crippen LogP) is 3.10. The van der Waals surface area contributed by atoms with Gasteiger partial charge < -0.3 is 13.9 Å². The Bertz CT molecular complexity index is 556. The Kier molecular flexibility index (Phi) is 5.86. The maximum absolute atomic E-state index is 5.67. The fourth-order valence-corrected chi connectivity index (χ4v) is 3.13. The summed E-state index contributed by atoms with van der Waals surface area (Å²) in [4.78, 5) is 0. The summed E-state index contributed by atoms with van der Waals surface area (Å²) in [5.74, 6) is 1.54. The van der Waals surface area contributed by atoms with E-state index in [2.05, 4.69) is 34.5 Å². The second-order valence-corrected chi connectivity index (χ2v) is 6.19. The number of benzene rings is 1. The summed E-state index contributed by atoms with van der Waals surface area (Å²) in [5, 5.41) is 8.82. The van der Waals surface area contributed by atoms with Crippen molar-refractivity contribution >= 4 is 11.8 Å². The van der Waals surface area contributed by atoms with Crippen molar-refractivity contribution in [2.24, 2.45) is 0 Å². The van der Waals surface area contributed by atoms with Crippen molar-refractivity contribution in [2.75, 3.05) is 19.2 Å². The lowest BCUT2D eigenvalue weighted by molar-refractivity contribution is -0.130. The Labute approximate surface area is 134 Å². The van der Waals surface area contributed by atoms with Crippen molar-refractivity contribution in [3.8, 4) is 0 Å². The predicted molar refractivity (Wildman–Crippen MR) is 83.8 cm³/mol. The van der Waals surface area contributed by atoms with E-state index in [0.29, 0.717) is 17.9 Å². The van der Waals surface area contributed by atoms with E-state index in [0.717, 1.165) is 38.0 Å². The van der Waals surface area contributed by atoms with Crippen LogP contribution >= 0.6 is 11.8 Å². The molecule has 0 radical (unpaired) electrons. The third kappa shape index (κ3) is 4.83. The zero-order valence-electron chi connectivity index (χ0n) is 12.4. The van der Waals surface area contributed by atoms with Gasteiger partial charge in [-0.25, -0.2) is 0 Å². The van der Waals surface area contributed by atoms with Crippen LogP contribution in [0, 0.1) is 0 Å². The van der Waals surface area contributed by atoms with Crippen LogP contribution in [0.3, 0.4) is 0 Å². The fourth-order valence-electron chi connectivity index (χ4n) is 2.28. The topological polar surface area (TPSA) is 57.4 Å². The van der Waals surface area contributed by atoms with Gasteiger partial charge in [0.2, 0.25) is 5.89 Å². The first-order valence-electron chi connectivity index (χ1n) is 7.58. The molecule has 0 saturated carbocycles. The number of aryl methyl sites for hydroxylation is 2. The number of hydrogen-bond acceptors (Lipinski definition) is 6. The average Bonchev–Trinajstić information content (AvgIpc) is 3.03. The third-order valence-corrected chi connectivity index (χ3v) is 4.46. The minimum atomic E-state index is 0.215. The van der Waals surface area contributed by atoms with Crippen LogP contribution < -0.4 is 0 Å². The van der Waals surface area contributed by atoms with Gasteiger partial charge in [0.1, 0.15) is 6.79 Å². The highest BCUT2D eigenvalue weighted by atomic mass is 32.2. The molecule has 0 bridgehead atoms. The number of nitrogens with zero attached hydrogens (tertiary/aromatic N) is 2. The Morgan fingerprint density at radius 2 is 2.05 bits per heavy atom. The smallest absolute Gasteiger partial charge is 0.276 e. The van der Waals surface area contributed by atoms with Gasteiger partial charge in [-0.05, 0) is 24.8 Å². The van der Waals surface area contributed by atoms with E-state index in [1.54, 1.807) is 11.8 Å². The zero-order valence-corrected chi connectivity index (χ0v) is 13.3. The van der Waals surface area contributed by atoms with E-state index < -0.39 is 0 Å². The van der Waals surface area contributed by atoms with Crippen LogP contribution in [0.4, 0.5) is 0 Å². The van der Waals surface area contributed by atoms with E-state index in [9.17, 15) is 0 Å². The highest BCUT2D eigenvalue weighted by molar-refractivity contribution is 7.99. The molecule has 3 rings (SSSR count). The van der Waals surface area contributed by atoms with Gasteiger partial charge in [-0.15, -0.1) is 10.2 Å². The van der Waals surface area contributed by atoms with Crippen molar-refractivity contribution < 1.29 is 13.9 Å². The van der Waals surface area contributed by atoms with E-state index in [4.69, 9.17) is 13.9 Å². The molecule has 1 atom stereocenters. The van der Waals surface area contributed by atoms with Crippen LogP contribution in [0.1, 0.15) is 24.3 Å². The van der Waals surface area contributed by atoms with Crippen molar-refractivity contribution in [1.82, 2.24) is 10.2 Å². The maximum atomic E-state index is 5.67. The second-order valence-electron chi connectivity index (χ2n) is 5.22. The van der Waals surface area contributed by atoms with Crippen LogP contribution in [0.2, 0.25) is 0 Å². The summed E-state index contributed by atoms with van der Waals surface area (Å²) in [6.07, 6.45) is 4.00. The summed E-state index contributed by atoms with van der Waals surface area (Å²) < 4.78 is 16.3. The molecule has 1 aliphatic rings. The molecule has 0 N–H and O–H groups in total. The molecule has 1 saturated heterocycles. The van der Waals surface area contributed by atoms with Crippen molar-refractivity contribution in [3.05, 3.63) is 41.8 Å². The van der Waals surface area contributed by atoms with Crippen LogP contribution in [-0.4, -0.2) is 35.5 Å². The van der Waals surface area contributed by atoms with Crippen LogP contribution in [-0.2, 0) is 22.3 Å². The molecule has 2 aromatic rings. The first kappa shape index (κ1) is 15.5. The molecule has 1 aromatic carbocycles. The molecule has 5 nitrogen and oxygen atoms in total. The first-order valence-corrected chi connectivity index (χ1v) is 8.57. The molecule has 0 aliphatic carbocycles. The van der Waals surface area contributed by atoms with Gasteiger partial charge in [0, 0.05) is 12.2 Å². The van der Waals surface area contributed by atoms with Crippen LogP contribution in [0.5, 0.6) is 0 Å². The van der Waals surface area contributed by atoms with Crippen LogP contribution in [0.15, 0.2) is 40.0 Å². The van der Waals surface area contributed by atoms with Gasteiger partial charge in [-0.1, -0.05) is 42.1 Å². The maximum Gasteiger partial charge on any atom is 0.276 e. The Hall–Kier alpha value is -1.37. The summed E-state index contributed by atoms with van der Waals surface area (Å²) >= 11 is 1.56. The summed E-state index contributed by atoms with van der Waals surface area (Å²) in [5.41, 5.74) is 1.34. The van der Waals surface area contributed by atoms with Gasteiger partial charge >= 0.3 is 0 Å². The van der Waals surface area contributed by atoms with Crippen LogP contribution in [0.25, 0.3) is 0 Å². The summed E-state index contributed by atoms with van der Waals surface area (Å²) in [7, 11) is 0. The van der Waals surface area contributed by atoms with Crippen molar-refractivity contribution in [2.45, 2.75) is 37.0 Å². The lowest BCUT2D eigenvalue weighted by atomic mass is 10.1. The average molecular weight is 320 g/mol. The molecule has 22 heavy (non-hydrogen) atoms. The highest BCUT2D eigenvalue weighted by Crippen LogP contribution is 2.21. The second kappa shape index (κ2) is 8.31. The molecule has 0 amide bonds. The quantitative estimate of drug-likeness (QED) is 0.731. The van der Waals surface area contributed by atoms with E-state index in [-0.39, 0.29) is 6.10 Å². The number of thioether (sulfide) groups is 1. The molecule has 1 fully saturated rings. The Morgan fingerprint density at radius 1 is 1.14 bits per heavy atom. The van der Waals surface area contributed by atoms with Gasteiger partial charge in [0.05, 0.1) is 12.7 Å². The largest absolute Gasteiger partial charge is 0.416 e. The number of aromatic nitrogens is 2. The molecular formula is C16H20N2O3S. The molecule has 118 valence electrons. The number of hydrogen-bond donors (Lipinski definition) is 0. The summed E-state index contributed by atoms with van der Waals surface area (Å²) in [6.45, 7) is 1.15. The third-order valence-electron chi connectivity index (χ3n) is 3.51. The minimum Gasteiger partial charge on any atom is -0.416 e. The number of rotatable bonds is 7. The van der Waals surface area contributed by atoms with Crippen molar-refractivity contribution in [1.29, 1.82) is 0 Å². The molecule has 0 spiro atoms. The van der Waals surface area contributed by atoms with E-state index >= 15 is 0 Å². The van der Waals surface area contributed by atoms with Gasteiger partial charge in [0.15, 0.2) is 0 Å². The molecule has 1 aromatic heterocycles. The van der Waals surface area contributed by atoms with Crippen molar-refractivity contribution in [3.63, 3.8) is 0 Å². The summed E-state index contributed by atoms with van der Waals surface area (Å²) in [6, 6.07) is 10.4. The first-order chi connectivity index (χ1) is 10.9. The molecule has 1 aliphatic heterocycles. The lowest BCUT2D eigenvalue weighted by Gasteiger charge is -2.21. The Morgan fingerprint density at radius 3 is 2.86 bits per heavy atom. The normalized spacial score (nSPS) is 18.5. The van der Waals surface area contributed by atoms with Gasteiger partial charge in [0.25, 0.3) is 5.22 Å². The SMILES string of the molecule is c1ccc(CCCc2nnc(SCC3CCOCO3)o2)cc1. The monoisotopic (exact) mass is 320 g/mol. The minimum absolute atomic E-state index is 0.215. The standard InChI is InChI=1S/C16H20N2O3S/c1-2-5-13(6-3-1)7-4-8-15-17-18-16(21-15)22-11-14-9-10-19-12-20-14/h1-3,5-6,14H,4,7-12H2. The van der Waals surface area contributed by atoms with E-state index in [1.807, 2.05) is 6.07 Å². The fraction of sp³-hybridized carbons (Fsp3) is 0.500. The molecule has 2 heterocycles. The molecule has 6 heteroatoms. The lowest BCUT2D eigenvalue weighted by Crippen LogP contribution is -2.25. The van der Waals surface area contributed by atoms with Gasteiger partial charge in [-0.2, -0.15) is 0 Å². The number of ether oxygens (including phenoxy) is 2. The molecular weight excluding hydrogens is 300 g/mol. The zero-order chi connectivity index (χ0) is 15.0. The van der Waals surface area contributed by atoms with Gasteiger partial charge in [-0.3, -0.25) is 0 Å². The Balaban J connectivity index is 1.39. The highest BCUT2D eigenvalue weighted by Gasteiger charge is 2.16. The molecule has 1 unspecified atom stereocenters.